The Labute approximate surface area is 133 Å². The number of rotatable bonds is 0. The van der Waals surface area contributed by atoms with E-state index < -0.39 is 0 Å². The second kappa shape index (κ2) is 7.57. The Balaban J connectivity index is 1.91. The highest BCUT2D eigenvalue weighted by Gasteiger charge is 2.17. The molecule has 0 aliphatic carbocycles. The lowest BCUT2D eigenvalue weighted by atomic mass is 10.1. The molecule has 1 aliphatic heterocycles. The van der Waals surface area contributed by atoms with Crippen molar-refractivity contribution in [1.82, 2.24) is 4.98 Å². The molecule has 2 heterocycles. The summed E-state index contributed by atoms with van der Waals surface area (Å²) >= 11 is 0. The fourth-order valence-corrected chi connectivity index (χ4v) is 3.50. The zero-order chi connectivity index (χ0) is 15.2. The lowest BCUT2D eigenvalue weighted by Gasteiger charge is -2.11. The number of fused-ring (bicyclic) bond motifs is 2. The summed E-state index contributed by atoms with van der Waals surface area (Å²) in [6, 6.07) is 8.26. The van der Waals surface area contributed by atoms with Crippen molar-refractivity contribution in [2.24, 2.45) is 0 Å². The molecule has 3 nitrogen and oxygen atoms in total. The van der Waals surface area contributed by atoms with Crippen molar-refractivity contribution in [3.05, 3.63) is 30.1 Å². The highest BCUT2D eigenvalue weighted by Crippen LogP contribution is 2.18. The SMILES string of the molecule is Nc1c2ccccc2nc2[n+]1CCCCCCCCCCC2. The Morgan fingerprint density at radius 3 is 2.23 bits per heavy atom. The predicted molar refractivity (Wildman–Crippen MR) is 91.6 cm³/mol. The van der Waals surface area contributed by atoms with Gasteiger partial charge in [-0.1, -0.05) is 57.1 Å². The third kappa shape index (κ3) is 3.57. The van der Waals surface area contributed by atoms with E-state index >= 15 is 0 Å². The van der Waals surface area contributed by atoms with E-state index in [9.17, 15) is 0 Å². The lowest BCUT2D eigenvalue weighted by Crippen LogP contribution is -2.43. The molecule has 2 N–H and O–H groups in total. The Bertz CT molecular complexity index is 621. The molecule has 0 saturated heterocycles. The minimum Gasteiger partial charge on any atom is -0.318 e. The smallest absolute Gasteiger partial charge is 0.239 e. The second-order valence-corrected chi connectivity index (χ2v) is 6.51. The quantitative estimate of drug-likeness (QED) is 0.742. The van der Waals surface area contributed by atoms with Crippen LogP contribution in [-0.2, 0) is 13.0 Å². The summed E-state index contributed by atoms with van der Waals surface area (Å²) in [7, 11) is 0. The molecular weight excluding hydrogens is 270 g/mol. The topological polar surface area (TPSA) is 42.8 Å². The molecule has 1 aliphatic rings. The zero-order valence-electron chi connectivity index (χ0n) is 13.6. The molecule has 22 heavy (non-hydrogen) atoms. The van der Waals surface area contributed by atoms with Crippen LogP contribution in [0, 0.1) is 0 Å². The molecule has 0 spiro atoms. The molecule has 2 aromatic rings. The summed E-state index contributed by atoms with van der Waals surface area (Å²) in [6.45, 7) is 1.01. The van der Waals surface area contributed by atoms with Crippen molar-refractivity contribution in [2.45, 2.75) is 70.8 Å². The first-order valence-corrected chi connectivity index (χ1v) is 8.93. The first-order valence-electron chi connectivity index (χ1n) is 8.93. The molecular formula is C19H28N3+. The number of benzene rings is 1. The summed E-state index contributed by atoms with van der Waals surface area (Å²) in [4.78, 5) is 4.91. The fourth-order valence-electron chi connectivity index (χ4n) is 3.50. The van der Waals surface area contributed by atoms with Gasteiger partial charge in [0.05, 0.1) is 11.9 Å². The molecule has 0 fully saturated rings. The van der Waals surface area contributed by atoms with Crippen LogP contribution in [0.25, 0.3) is 10.9 Å². The maximum atomic E-state index is 6.47. The summed E-state index contributed by atoms with van der Waals surface area (Å²) in [5.41, 5.74) is 7.51. The first kappa shape index (κ1) is 15.3. The summed E-state index contributed by atoms with van der Waals surface area (Å²) in [6.07, 6.45) is 13.0. The monoisotopic (exact) mass is 298 g/mol. The van der Waals surface area contributed by atoms with Crippen molar-refractivity contribution in [2.75, 3.05) is 5.73 Å². The van der Waals surface area contributed by atoms with E-state index in [0.717, 1.165) is 29.7 Å². The average Bonchev–Trinajstić information content (AvgIpc) is 2.56. The van der Waals surface area contributed by atoms with E-state index in [-0.39, 0.29) is 0 Å². The minimum absolute atomic E-state index is 0.899. The molecule has 1 aromatic carbocycles. The van der Waals surface area contributed by atoms with Crippen LogP contribution in [0.1, 0.15) is 63.6 Å². The van der Waals surface area contributed by atoms with E-state index in [1.165, 1.54) is 63.6 Å². The number of anilines is 1. The number of nitrogen functional groups attached to an aromatic ring is 1. The standard InChI is InChI=1S/C19H27N3/c20-19-16-12-9-10-13-17(16)21-18-14-8-6-4-2-1-3-5-7-11-15-22(18)19/h9-10,12-13,20H,1-8,11,14-15H2/p+1. The molecule has 1 aromatic heterocycles. The van der Waals surface area contributed by atoms with Gasteiger partial charge in [0.2, 0.25) is 11.6 Å². The highest BCUT2D eigenvalue weighted by atomic mass is 15.1. The van der Waals surface area contributed by atoms with E-state index in [1.807, 2.05) is 12.1 Å². The van der Waals surface area contributed by atoms with E-state index in [4.69, 9.17) is 10.7 Å². The van der Waals surface area contributed by atoms with Gasteiger partial charge in [0.1, 0.15) is 0 Å². The van der Waals surface area contributed by atoms with Crippen LogP contribution in [0.5, 0.6) is 0 Å². The van der Waals surface area contributed by atoms with Crippen molar-refractivity contribution >= 4 is 16.7 Å². The van der Waals surface area contributed by atoms with Gasteiger partial charge in [0.15, 0.2) is 5.52 Å². The number of nitrogens with zero attached hydrogens (tertiary/aromatic N) is 2. The largest absolute Gasteiger partial charge is 0.318 e. The van der Waals surface area contributed by atoms with Crippen LogP contribution in [0.4, 0.5) is 5.82 Å². The Hall–Kier alpha value is -1.64. The number of para-hydroxylation sites is 1. The summed E-state index contributed by atoms with van der Waals surface area (Å²) in [5, 5.41) is 1.09. The fraction of sp³-hybridized carbons (Fsp3) is 0.579. The summed E-state index contributed by atoms with van der Waals surface area (Å²) < 4.78 is 2.28. The van der Waals surface area contributed by atoms with Gasteiger partial charge in [-0.15, -0.1) is 4.98 Å². The molecule has 0 amide bonds. The normalized spacial score (nSPS) is 18.0. The van der Waals surface area contributed by atoms with Crippen LogP contribution >= 0.6 is 0 Å². The number of aromatic nitrogens is 2. The second-order valence-electron chi connectivity index (χ2n) is 6.51. The van der Waals surface area contributed by atoms with Crippen molar-refractivity contribution in [3.63, 3.8) is 0 Å². The van der Waals surface area contributed by atoms with Gasteiger partial charge in [-0.05, 0) is 25.0 Å². The van der Waals surface area contributed by atoms with Crippen LogP contribution in [0.3, 0.4) is 0 Å². The molecule has 3 rings (SSSR count). The first-order chi connectivity index (χ1) is 10.9. The zero-order valence-corrected chi connectivity index (χ0v) is 13.6. The van der Waals surface area contributed by atoms with Gasteiger partial charge >= 0.3 is 0 Å². The molecule has 0 bridgehead atoms. The lowest BCUT2D eigenvalue weighted by molar-refractivity contribution is -0.692. The Kier molecular flexibility index (Phi) is 5.25. The van der Waals surface area contributed by atoms with Gasteiger partial charge in [0.25, 0.3) is 0 Å². The van der Waals surface area contributed by atoms with Crippen molar-refractivity contribution in [1.29, 1.82) is 0 Å². The van der Waals surface area contributed by atoms with Crippen LogP contribution in [-0.4, -0.2) is 4.98 Å². The van der Waals surface area contributed by atoms with Gasteiger partial charge < -0.3 is 5.73 Å². The molecule has 0 unspecified atom stereocenters. The Morgan fingerprint density at radius 1 is 0.818 bits per heavy atom. The van der Waals surface area contributed by atoms with Gasteiger partial charge in [0, 0.05) is 6.42 Å². The van der Waals surface area contributed by atoms with Crippen LogP contribution in [0.2, 0.25) is 0 Å². The predicted octanol–water partition coefficient (Wildman–Crippen LogP) is 4.17. The number of hydrogen-bond donors (Lipinski definition) is 1. The van der Waals surface area contributed by atoms with Gasteiger partial charge in [-0.25, -0.2) is 4.57 Å². The van der Waals surface area contributed by atoms with Crippen molar-refractivity contribution < 1.29 is 4.57 Å². The van der Waals surface area contributed by atoms with Gasteiger partial charge in [-0.2, -0.15) is 0 Å². The Morgan fingerprint density at radius 2 is 1.45 bits per heavy atom. The molecule has 0 saturated carbocycles. The molecule has 118 valence electrons. The molecule has 3 heteroatoms. The number of nitrogens with two attached hydrogens (primary N) is 1. The number of hydrogen-bond acceptors (Lipinski definition) is 2. The molecule has 0 radical (unpaired) electrons. The summed E-state index contributed by atoms with van der Waals surface area (Å²) in [5.74, 6) is 2.07. The van der Waals surface area contributed by atoms with Crippen LogP contribution < -0.4 is 10.3 Å². The van der Waals surface area contributed by atoms with E-state index in [0.29, 0.717) is 0 Å². The molecule has 0 atom stereocenters. The van der Waals surface area contributed by atoms with Gasteiger partial charge in [-0.3, -0.25) is 0 Å². The third-order valence-corrected chi connectivity index (χ3v) is 4.81. The maximum absolute atomic E-state index is 6.47. The van der Waals surface area contributed by atoms with E-state index in [2.05, 4.69) is 16.7 Å². The van der Waals surface area contributed by atoms with E-state index in [1.54, 1.807) is 0 Å². The van der Waals surface area contributed by atoms with Crippen LogP contribution in [0.15, 0.2) is 24.3 Å². The average molecular weight is 298 g/mol. The minimum atomic E-state index is 0.899. The maximum Gasteiger partial charge on any atom is 0.239 e. The highest BCUT2D eigenvalue weighted by molar-refractivity contribution is 5.86. The van der Waals surface area contributed by atoms with Crippen molar-refractivity contribution in [3.8, 4) is 0 Å². The number of aryl methyl sites for hydroxylation is 1. The third-order valence-electron chi connectivity index (χ3n) is 4.81.